The van der Waals surface area contributed by atoms with Crippen LogP contribution >= 0.6 is 0 Å². The van der Waals surface area contributed by atoms with Gasteiger partial charge in [0.25, 0.3) is 0 Å². The highest BCUT2D eigenvalue weighted by Gasteiger charge is 2.11. The highest BCUT2D eigenvalue weighted by atomic mass is 16.7. The van der Waals surface area contributed by atoms with Gasteiger partial charge in [-0.3, -0.25) is 0 Å². The summed E-state index contributed by atoms with van der Waals surface area (Å²) in [5.41, 5.74) is 2.96. The third kappa shape index (κ3) is 1.88. The fraction of sp³-hybridized carbons (Fsp3) is 0.556. The van der Waals surface area contributed by atoms with Crippen molar-refractivity contribution in [1.29, 1.82) is 0 Å². The van der Waals surface area contributed by atoms with Crippen LogP contribution in [0.15, 0.2) is 0 Å². The minimum atomic E-state index is -0.353. The van der Waals surface area contributed by atoms with Gasteiger partial charge in [-0.05, 0) is 25.8 Å². The van der Waals surface area contributed by atoms with Gasteiger partial charge in [0.05, 0.1) is 11.4 Å². The predicted molar refractivity (Wildman–Crippen MR) is 48.3 cm³/mol. The van der Waals surface area contributed by atoms with Crippen LogP contribution in [0.25, 0.3) is 0 Å². The Bertz CT molecular complexity index is 329. The van der Waals surface area contributed by atoms with Crippen molar-refractivity contribution >= 4 is 5.97 Å². The first-order chi connectivity index (χ1) is 6.06. The summed E-state index contributed by atoms with van der Waals surface area (Å²) in [5.74, 6) is -0.353. The van der Waals surface area contributed by atoms with Crippen LogP contribution in [0.5, 0.6) is 0 Å². The average Bonchev–Trinajstić information content (AvgIpc) is 2.26. The molecule has 0 atom stereocenters. The second kappa shape index (κ2) is 3.60. The fourth-order valence-corrected chi connectivity index (χ4v) is 1.37. The molecule has 4 heteroatoms. The smallest absolute Gasteiger partial charge is 0.319 e. The van der Waals surface area contributed by atoms with Crippen LogP contribution in [0.4, 0.5) is 0 Å². The third-order valence-electron chi connectivity index (χ3n) is 1.97. The predicted octanol–water partition coefficient (Wildman–Crippen LogP) is 1.04. The van der Waals surface area contributed by atoms with Gasteiger partial charge in [-0.25, -0.2) is 4.79 Å². The van der Waals surface area contributed by atoms with Crippen molar-refractivity contribution in [2.45, 2.75) is 34.1 Å². The Kier molecular flexibility index (Phi) is 2.70. The molecule has 1 rings (SSSR count). The molecular formula is C9H14N2O2. The topological polar surface area (TPSA) is 44.1 Å². The van der Waals surface area contributed by atoms with Crippen LogP contribution in [0, 0.1) is 13.8 Å². The maximum atomic E-state index is 10.7. The van der Waals surface area contributed by atoms with E-state index in [4.69, 9.17) is 4.84 Å². The van der Waals surface area contributed by atoms with Crippen LogP contribution < -0.4 is 4.84 Å². The van der Waals surface area contributed by atoms with E-state index in [0.29, 0.717) is 0 Å². The largest absolute Gasteiger partial charge is 0.331 e. The molecule has 0 aliphatic rings. The number of hydrogen-bond acceptors (Lipinski definition) is 3. The molecule has 72 valence electrons. The lowest BCUT2D eigenvalue weighted by molar-refractivity contribution is -0.143. The molecule has 0 N–H and O–H groups in total. The molecule has 1 heterocycles. The quantitative estimate of drug-likeness (QED) is 0.686. The number of rotatable bonds is 2. The Morgan fingerprint density at radius 3 is 2.54 bits per heavy atom. The van der Waals surface area contributed by atoms with E-state index in [1.807, 2.05) is 13.8 Å². The summed E-state index contributed by atoms with van der Waals surface area (Å²) in [6, 6.07) is 0. The highest BCUT2D eigenvalue weighted by molar-refractivity contribution is 5.66. The van der Waals surface area contributed by atoms with E-state index in [-0.39, 0.29) is 5.97 Å². The van der Waals surface area contributed by atoms with Crippen molar-refractivity contribution in [1.82, 2.24) is 9.94 Å². The normalized spacial score (nSPS) is 10.2. The lowest BCUT2D eigenvalue weighted by atomic mass is 10.1. The van der Waals surface area contributed by atoms with Gasteiger partial charge >= 0.3 is 5.97 Å². The molecule has 1 aromatic rings. The zero-order chi connectivity index (χ0) is 10.0. The van der Waals surface area contributed by atoms with Crippen LogP contribution in [-0.2, 0) is 11.2 Å². The summed E-state index contributed by atoms with van der Waals surface area (Å²) in [7, 11) is 0. The third-order valence-corrected chi connectivity index (χ3v) is 1.97. The number of hydrogen-bond donors (Lipinski definition) is 0. The lowest BCUT2D eigenvalue weighted by Gasteiger charge is -2.01. The summed E-state index contributed by atoms with van der Waals surface area (Å²) in [6.07, 6.45) is 0.902. The minimum absolute atomic E-state index is 0.353. The minimum Gasteiger partial charge on any atom is -0.319 e. The van der Waals surface area contributed by atoms with E-state index >= 15 is 0 Å². The molecule has 0 bridgehead atoms. The van der Waals surface area contributed by atoms with Crippen molar-refractivity contribution in [2.24, 2.45) is 0 Å². The molecular weight excluding hydrogens is 168 g/mol. The van der Waals surface area contributed by atoms with Gasteiger partial charge in [0, 0.05) is 6.92 Å². The van der Waals surface area contributed by atoms with E-state index in [1.54, 1.807) is 0 Å². The molecule has 4 nitrogen and oxygen atoms in total. The number of aryl methyl sites for hydroxylation is 1. The molecule has 0 aromatic carbocycles. The molecule has 13 heavy (non-hydrogen) atoms. The van der Waals surface area contributed by atoms with Crippen molar-refractivity contribution in [3.05, 3.63) is 17.0 Å². The molecule has 0 amide bonds. The summed E-state index contributed by atoms with van der Waals surface area (Å²) >= 11 is 0. The number of nitrogens with zero attached hydrogens (tertiary/aromatic N) is 2. The maximum Gasteiger partial charge on any atom is 0.331 e. The van der Waals surface area contributed by atoms with Crippen LogP contribution in [0.3, 0.4) is 0 Å². The number of aromatic nitrogens is 2. The molecule has 0 saturated carbocycles. The van der Waals surface area contributed by atoms with E-state index in [9.17, 15) is 4.79 Å². The summed E-state index contributed by atoms with van der Waals surface area (Å²) in [6.45, 7) is 7.21. The Hall–Kier alpha value is -1.32. The standard InChI is InChI=1S/C9H14N2O2/c1-5-9-6(2)10-11(7(9)3)13-8(4)12/h5H2,1-4H3. The zero-order valence-corrected chi connectivity index (χ0v) is 8.42. The van der Waals surface area contributed by atoms with Gasteiger partial charge < -0.3 is 4.84 Å². The first-order valence-electron chi connectivity index (χ1n) is 4.30. The van der Waals surface area contributed by atoms with Crippen molar-refractivity contribution in [3.8, 4) is 0 Å². The molecule has 0 radical (unpaired) electrons. The van der Waals surface area contributed by atoms with E-state index in [2.05, 4.69) is 12.0 Å². The van der Waals surface area contributed by atoms with Crippen molar-refractivity contribution in [2.75, 3.05) is 0 Å². The molecule has 0 saturated heterocycles. The van der Waals surface area contributed by atoms with Crippen LogP contribution in [-0.4, -0.2) is 15.9 Å². The van der Waals surface area contributed by atoms with Crippen LogP contribution in [0.1, 0.15) is 30.8 Å². The van der Waals surface area contributed by atoms with Gasteiger partial charge in [-0.15, -0.1) is 5.10 Å². The summed E-state index contributed by atoms with van der Waals surface area (Å²) in [4.78, 5) is 16.9. The average molecular weight is 182 g/mol. The highest BCUT2D eigenvalue weighted by Crippen LogP contribution is 2.11. The zero-order valence-electron chi connectivity index (χ0n) is 8.42. The lowest BCUT2D eigenvalue weighted by Crippen LogP contribution is -2.19. The maximum absolute atomic E-state index is 10.7. The Labute approximate surface area is 77.5 Å². The summed E-state index contributed by atoms with van der Waals surface area (Å²) < 4.78 is 0. The van der Waals surface area contributed by atoms with Gasteiger partial charge in [0.15, 0.2) is 0 Å². The van der Waals surface area contributed by atoms with Gasteiger partial charge in [0.2, 0.25) is 0 Å². The Balaban J connectivity index is 3.03. The van der Waals surface area contributed by atoms with E-state index in [0.717, 1.165) is 23.4 Å². The number of carbonyl (C=O) groups is 1. The van der Waals surface area contributed by atoms with E-state index in [1.165, 1.54) is 11.8 Å². The van der Waals surface area contributed by atoms with Gasteiger partial charge in [0.1, 0.15) is 0 Å². The van der Waals surface area contributed by atoms with Gasteiger partial charge in [-0.2, -0.15) is 0 Å². The molecule has 0 aliphatic carbocycles. The molecule has 0 fully saturated rings. The van der Waals surface area contributed by atoms with Gasteiger partial charge in [-0.1, -0.05) is 11.8 Å². The monoisotopic (exact) mass is 182 g/mol. The van der Waals surface area contributed by atoms with Crippen molar-refractivity contribution < 1.29 is 9.63 Å². The summed E-state index contributed by atoms with van der Waals surface area (Å²) in [5, 5.41) is 4.09. The first-order valence-corrected chi connectivity index (χ1v) is 4.30. The molecule has 0 aliphatic heterocycles. The molecule has 0 unspecified atom stereocenters. The second-order valence-corrected chi connectivity index (χ2v) is 2.96. The Morgan fingerprint density at radius 2 is 2.15 bits per heavy atom. The fourth-order valence-electron chi connectivity index (χ4n) is 1.37. The Morgan fingerprint density at radius 1 is 1.54 bits per heavy atom. The van der Waals surface area contributed by atoms with E-state index < -0.39 is 0 Å². The number of carbonyl (C=O) groups excluding carboxylic acids is 1. The van der Waals surface area contributed by atoms with Crippen molar-refractivity contribution in [3.63, 3.8) is 0 Å². The molecule has 1 aromatic heterocycles. The first kappa shape index (κ1) is 9.77. The second-order valence-electron chi connectivity index (χ2n) is 2.96. The molecule has 0 spiro atoms. The SMILES string of the molecule is CCc1c(C)nn(OC(C)=O)c1C. The van der Waals surface area contributed by atoms with Crippen LogP contribution in [0.2, 0.25) is 0 Å².